The molecule has 1 N–H and O–H groups in total. The summed E-state index contributed by atoms with van der Waals surface area (Å²) in [7, 11) is 2.96. The SMILES string of the molecule is Cn1c(NC[C@H]([C@@H]2CCOC2)N2CCCC2)c(C#N)c(=O)n(C)c1=O. The Labute approximate surface area is 146 Å². The van der Waals surface area contributed by atoms with Gasteiger partial charge in [0.2, 0.25) is 0 Å². The van der Waals surface area contributed by atoms with E-state index < -0.39 is 11.2 Å². The molecule has 8 nitrogen and oxygen atoms in total. The number of nitriles is 1. The van der Waals surface area contributed by atoms with E-state index in [4.69, 9.17) is 4.74 Å². The molecule has 136 valence electrons. The Bertz CT molecular complexity index is 763. The van der Waals surface area contributed by atoms with E-state index in [1.54, 1.807) is 7.05 Å². The highest BCUT2D eigenvalue weighted by Gasteiger charge is 2.32. The van der Waals surface area contributed by atoms with Gasteiger partial charge in [-0.3, -0.25) is 18.8 Å². The van der Waals surface area contributed by atoms with Crippen LogP contribution in [0.5, 0.6) is 0 Å². The van der Waals surface area contributed by atoms with Crippen molar-refractivity contribution >= 4 is 5.82 Å². The van der Waals surface area contributed by atoms with Crippen LogP contribution >= 0.6 is 0 Å². The predicted molar refractivity (Wildman–Crippen MR) is 93.6 cm³/mol. The fourth-order valence-corrected chi connectivity index (χ4v) is 3.88. The Kier molecular flexibility index (Phi) is 5.25. The molecule has 0 amide bonds. The van der Waals surface area contributed by atoms with E-state index in [1.165, 1.54) is 24.5 Å². The molecule has 0 unspecified atom stereocenters. The van der Waals surface area contributed by atoms with Gasteiger partial charge in [-0.2, -0.15) is 5.26 Å². The molecule has 1 aromatic rings. The lowest BCUT2D eigenvalue weighted by atomic mass is 9.97. The van der Waals surface area contributed by atoms with Gasteiger partial charge in [0.25, 0.3) is 5.56 Å². The molecule has 25 heavy (non-hydrogen) atoms. The molecule has 2 saturated heterocycles. The van der Waals surface area contributed by atoms with E-state index >= 15 is 0 Å². The summed E-state index contributed by atoms with van der Waals surface area (Å²) in [5, 5.41) is 12.6. The molecule has 0 aromatic carbocycles. The van der Waals surface area contributed by atoms with Crippen LogP contribution in [-0.2, 0) is 18.8 Å². The highest BCUT2D eigenvalue weighted by Crippen LogP contribution is 2.25. The van der Waals surface area contributed by atoms with Crippen molar-refractivity contribution < 1.29 is 4.74 Å². The van der Waals surface area contributed by atoms with E-state index in [0.717, 1.165) is 37.3 Å². The zero-order valence-electron chi connectivity index (χ0n) is 14.8. The third-order valence-electron chi connectivity index (χ3n) is 5.37. The van der Waals surface area contributed by atoms with Crippen molar-refractivity contribution in [1.82, 2.24) is 14.0 Å². The van der Waals surface area contributed by atoms with Crippen molar-refractivity contribution in [2.45, 2.75) is 25.3 Å². The highest BCUT2D eigenvalue weighted by atomic mass is 16.5. The standard InChI is InChI=1S/C17H25N5O3/c1-20-15(13(9-18)16(23)21(2)17(20)24)19-10-14(12-5-8-25-11-12)22-6-3-4-7-22/h12,14,19H,3-8,10-11H2,1-2H3/t12-,14-/m1/s1. The van der Waals surface area contributed by atoms with Crippen molar-refractivity contribution in [3.05, 3.63) is 26.4 Å². The summed E-state index contributed by atoms with van der Waals surface area (Å²) in [5.74, 6) is 0.735. The molecule has 0 saturated carbocycles. The van der Waals surface area contributed by atoms with E-state index in [0.29, 0.717) is 18.3 Å². The minimum Gasteiger partial charge on any atom is -0.381 e. The summed E-state index contributed by atoms with van der Waals surface area (Å²) in [4.78, 5) is 26.8. The van der Waals surface area contributed by atoms with Crippen LogP contribution in [-0.4, -0.2) is 52.9 Å². The number of likely N-dealkylation sites (tertiary alicyclic amines) is 1. The number of hydrogen-bond acceptors (Lipinski definition) is 6. The van der Waals surface area contributed by atoms with Crippen molar-refractivity contribution in [1.29, 1.82) is 5.26 Å². The molecule has 0 radical (unpaired) electrons. The zero-order chi connectivity index (χ0) is 18.0. The second-order valence-corrected chi connectivity index (χ2v) is 6.86. The summed E-state index contributed by atoms with van der Waals surface area (Å²) in [6, 6.07) is 2.22. The van der Waals surface area contributed by atoms with Gasteiger partial charge in [-0.25, -0.2) is 4.79 Å². The number of aromatic nitrogens is 2. The Balaban J connectivity index is 1.87. The number of nitrogens with zero attached hydrogens (tertiary/aromatic N) is 4. The Hall–Kier alpha value is -2.11. The van der Waals surface area contributed by atoms with Crippen LogP contribution in [0.2, 0.25) is 0 Å². The second kappa shape index (κ2) is 7.42. The molecule has 0 aliphatic carbocycles. The summed E-state index contributed by atoms with van der Waals surface area (Å²) >= 11 is 0. The minimum absolute atomic E-state index is 0.0209. The van der Waals surface area contributed by atoms with Gasteiger partial charge in [-0.05, 0) is 32.4 Å². The maximum absolute atomic E-state index is 12.2. The van der Waals surface area contributed by atoms with Crippen molar-refractivity contribution in [3.63, 3.8) is 0 Å². The number of rotatable bonds is 5. The number of ether oxygens (including phenoxy) is 1. The molecular formula is C17H25N5O3. The number of hydrogen-bond donors (Lipinski definition) is 1. The third kappa shape index (κ3) is 3.34. The molecule has 0 bridgehead atoms. The lowest BCUT2D eigenvalue weighted by Crippen LogP contribution is -2.45. The van der Waals surface area contributed by atoms with Crippen LogP contribution in [0.25, 0.3) is 0 Å². The first-order valence-electron chi connectivity index (χ1n) is 8.80. The van der Waals surface area contributed by atoms with E-state index in [9.17, 15) is 14.9 Å². The normalized spacial score (nSPS) is 22.0. The average molecular weight is 347 g/mol. The lowest BCUT2D eigenvalue weighted by Gasteiger charge is -2.32. The van der Waals surface area contributed by atoms with Gasteiger partial charge in [0.1, 0.15) is 11.9 Å². The first-order valence-corrected chi connectivity index (χ1v) is 8.80. The fourth-order valence-electron chi connectivity index (χ4n) is 3.88. The molecule has 2 fully saturated rings. The molecule has 0 spiro atoms. The van der Waals surface area contributed by atoms with E-state index in [2.05, 4.69) is 10.2 Å². The largest absolute Gasteiger partial charge is 0.381 e. The van der Waals surface area contributed by atoms with Gasteiger partial charge in [-0.1, -0.05) is 0 Å². The second-order valence-electron chi connectivity index (χ2n) is 6.86. The summed E-state index contributed by atoms with van der Waals surface area (Å²) < 4.78 is 7.86. The van der Waals surface area contributed by atoms with E-state index in [-0.39, 0.29) is 11.6 Å². The molecule has 2 aliphatic rings. The summed E-state index contributed by atoms with van der Waals surface area (Å²) in [5.41, 5.74) is -1.02. The summed E-state index contributed by atoms with van der Waals surface area (Å²) in [6.07, 6.45) is 3.40. The van der Waals surface area contributed by atoms with Crippen LogP contribution < -0.4 is 16.6 Å². The zero-order valence-corrected chi connectivity index (χ0v) is 14.8. The van der Waals surface area contributed by atoms with Crippen molar-refractivity contribution in [2.24, 2.45) is 20.0 Å². The van der Waals surface area contributed by atoms with Crippen molar-refractivity contribution in [3.8, 4) is 6.07 Å². The topological polar surface area (TPSA) is 92.3 Å². The van der Waals surface area contributed by atoms with E-state index in [1.807, 2.05) is 6.07 Å². The lowest BCUT2D eigenvalue weighted by molar-refractivity contribution is 0.141. The van der Waals surface area contributed by atoms with Crippen molar-refractivity contribution in [2.75, 3.05) is 38.2 Å². The molecule has 2 aliphatic heterocycles. The first-order chi connectivity index (χ1) is 12.0. The van der Waals surface area contributed by atoms with Gasteiger partial charge in [0, 0.05) is 39.2 Å². The van der Waals surface area contributed by atoms with Gasteiger partial charge in [-0.15, -0.1) is 0 Å². The molecule has 8 heteroatoms. The first kappa shape index (κ1) is 17.7. The Morgan fingerprint density at radius 1 is 1.28 bits per heavy atom. The smallest absolute Gasteiger partial charge is 0.332 e. The quantitative estimate of drug-likeness (QED) is 0.798. The minimum atomic E-state index is -0.560. The number of anilines is 1. The fraction of sp³-hybridized carbons (Fsp3) is 0.706. The molecular weight excluding hydrogens is 322 g/mol. The maximum atomic E-state index is 12.2. The highest BCUT2D eigenvalue weighted by molar-refractivity contribution is 5.51. The van der Waals surface area contributed by atoms with Gasteiger partial charge in [0.05, 0.1) is 6.61 Å². The van der Waals surface area contributed by atoms with Crippen LogP contribution in [0.3, 0.4) is 0 Å². The van der Waals surface area contributed by atoms with Crippen LogP contribution in [0.15, 0.2) is 9.59 Å². The van der Waals surface area contributed by atoms with Gasteiger partial charge >= 0.3 is 5.69 Å². The van der Waals surface area contributed by atoms with Gasteiger partial charge in [0.15, 0.2) is 5.56 Å². The molecule has 3 heterocycles. The summed E-state index contributed by atoms with van der Waals surface area (Å²) in [6.45, 7) is 4.22. The Morgan fingerprint density at radius 3 is 2.60 bits per heavy atom. The van der Waals surface area contributed by atoms with Gasteiger partial charge < -0.3 is 10.1 Å². The molecule has 3 rings (SSSR count). The van der Waals surface area contributed by atoms with Crippen LogP contribution in [0, 0.1) is 17.2 Å². The predicted octanol–water partition coefficient (Wildman–Crippen LogP) is -0.132. The number of nitrogens with one attached hydrogen (secondary N) is 1. The molecule has 2 atom stereocenters. The maximum Gasteiger partial charge on any atom is 0.332 e. The van der Waals surface area contributed by atoms with Crippen LogP contribution in [0.4, 0.5) is 5.82 Å². The Morgan fingerprint density at radius 2 is 2.00 bits per heavy atom. The molecule has 1 aromatic heterocycles. The van der Waals surface area contributed by atoms with Crippen LogP contribution in [0.1, 0.15) is 24.8 Å². The monoisotopic (exact) mass is 347 g/mol. The average Bonchev–Trinajstić information content (AvgIpc) is 3.32. The third-order valence-corrected chi connectivity index (χ3v) is 5.37.